The molecule has 0 atom stereocenters. The third-order valence-corrected chi connectivity index (χ3v) is 6.43. The monoisotopic (exact) mass is 459 g/mol. The molecule has 0 aliphatic heterocycles. The maximum Gasteiger partial charge on any atom is 0.335 e. The van der Waals surface area contributed by atoms with Crippen LogP contribution in [0.2, 0.25) is 0 Å². The molecule has 0 saturated heterocycles. The third-order valence-electron chi connectivity index (χ3n) is 6.43. The molecule has 33 heavy (non-hydrogen) atoms. The first-order valence-electron chi connectivity index (χ1n) is 13.7. The van der Waals surface area contributed by atoms with Crippen LogP contribution in [0.15, 0.2) is 28.5 Å². The van der Waals surface area contributed by atoms with E-state index in [0.29, 0.717) is 17.7 Å². The van der Waals surface area contributed by atoms with Crippen LogP contribution >= 0.6 is 0 Å². The Bertz CT molecular complexity index is 658. The second-order valence-electron chi connectivity index (χ2n) is 9.94. The number of carbonyl (C=O) groups excluding carboxylic acids is 2. The Morgan fingerprint density at radius 2 is 1.24 bits per heavy atom. The molecule has 0 amide bonds. The van der Waals surface area contributed by atoms with E-state index in [4.69, 9.17) is 4.84 Å². The van der Waals surface area contributed by atoms with Gasteiger partial charge in [0.05, 0.1) is 0 Å². The van der Waals surface area contributed by atoms with Crippen LogP contribution in [0.1, 0.15) is 137 Å². The van der Waals surface area contributed by atoms with Crippen LogP contribution in [0.25, 0.3) is 0 Å². The molecular formula is C29H49NO3. The minimum atomic E-state index is -0.294. The predicted octanol–water partition coefficient (Wildman–Crippen LogP) is 8.65. The van der Waals surface area contributed by atoms with Crippen molar-refractivity contribution >= 4 is 17.5 Å². The number of nitrogens with zero attached hydrogens (tertiary/aromatic N) is 1. The van der Waals surface area contributed by atoms with Gasteiger partial charge in [-0.05, 0) is 37.0 Å². The average Bonchev–Trinajstić information content (AvgIpc) is 2.78. The molecular weight excluding hydrogens is 410 g/mol. The Balaban J connectivity index is 1.99. The highest BCUT2D eigenvalue weighted by molar-refractivity contribution is 6.21. The van der Waals surface area contributed by atoms with Gasteiger partial charge in [0.15, 0.2) is 5.78 Å². The van der Waals surface area contributed by atoms with Crippen molar-refractivity contribution in [3.8, 4) is 0 Å². The number of carbonyl (C=O) groups is 2. The first-order chi connectivity index (χ1) is 16.0. The van der Waals surface area contributed by atoms with Gasteiger partial charge in [-0.1, -0.05) is 122 Å². The Hall–Kier alpha value is -1.71. The van der Waals surface area contributed by atoms with Crippen molar-refractivity contribution in [2.75, 3.05) is 0 Å². The number of hydrogen-bond acceptors (Lipinski definition) is 4. The summed E-state index contributed by atoms with van der Waals surface area (Å²) in [6, 6.07) is 0. The van der Waals surface area contributed by atoms with Crippen molar-refractivity contribution in [3.05, 3.63) is 23.3 Å². The summed E-state index contributed by atoms with van der Waals surface area (Å²) in [4.78, 5) is 29.1. The van der Waals surface area contributed by atoms with Crippen LogP contribution in [0.3, 0.4) is 0 Å². The van der Waals surface area contributed by atoms with Crippen molar-refractivity contribution in [2.24, 2.45) is 11.1 Å². The predicted molar refractivity (Wildman–Crippen MR) is 139 cm³/mol. The molecule has 0 unspecified atom stereocenters. The summed E-state index contributed by atoms with van der Waals surface area (Å²) >= 11 is 0. The SMILES string of the molecule is CCCCCCCCCCCCCCCCCCC(=O)ON=C1C=C(C(C)C)C(=O)C=C1C. The van der Waals surface area contributed by atoms with Gasteiger partial charge in [0, 0.05) is 12.0 Å². The lowest BCUT2D eigenvalue weighted by Gasteiger charge is -2.14. The maximum absolute atomic E-state index is 12.0. The summed E-state index contributed by atoms with van der Waals surface area (Å²) in [5.41, 5.74) is 2.01. The van der Waals surface area contributed by atoms with E-state index in [2.05, 4.69) is 12.1 Å². The topological polar surface area (TPSA) is 55.7 Å². The van der Waals surface area contributed by atoms with Gasteiger partial charge in [-0.15, -0.1) is 0 Å². The summed E-state index contributed by atoms with van der Waals surface area (Å²) in [6.45, 7) is 8.03. The molecule has 0 aromatic rings. The Labute approximate surface area is 203 Å². The molecule has 1 rings (SSSR count). The molecule has 0 saturated carbocycles. The lowest BCUT2D eigenvalue weighted by molar-refractivity contribution is -0.143. The van der Waals surface area contributed by atoms with Gasteiger partial charge in [0.1, 0.15) is 5.71 Å². The zero-order valence-electron chi connectivity index (χ0n) is 21.9. The molecule has 0 spiro atoms. The summed E-state index contributed by atoms with van der Waals surface area (Å²) in [5.74, 6) is -0.161. The lowest BCUT2D eigenvalue weighted by Crippen LogP contribution is -2.16. The minimum absolute atomic E-state index is 0.0148. The highest BCUT2D eigenvalue weighted by Crippen LogP contribution is 2.19. The summed E-state index contributed by atoms with van der Waals surface area (Å²) in [5, 5.41) is 3.99. The van der Waals surface area contributed by atoms with Gasteiger partial charge in [-0.3, -0.25) is 4.79 Å². The fourth-order valence-electron chi connectivity index (χ4n) is 4.20. The Morgan fingerprint density at radius 3 is 1.70 bits per heavy atom. The largest absolute Gasteiger partial charge is 0.335 e. The molecule has 0 heterocycles. The zero-order chi connectivity index (χ0) is 24.3. The van der Waals surface area contributed by atoms with E-state index in [1.165, 1.54) is 89.9 Å². The van der Waals surface area contributed by atoms with Gasteiger partial charge in [0.25, 0.3) is 0 Å². The van der Waals surface area contributed by atoms with Crippen molar-refractivity contribution in [1.29, 1.82) is 0 Å². The van der Waals surface area contributed by atoms with Crippen LogP contribution < -0.4 is 0 Å². The van der Waals surface area contributed by atoms with Gasteiger partial charge in [0.2, 0.25) is 0 Å². The minimum Gasteiger partial charge on any atom is -0.318 e. The average molecular weight is 460 g/mol. The third kappa shape index (κ3) is 14.2. The molecule has 188 valence electrons. The fraction of sp³-hybridized carbons (Fsp3) is 0.759. The quantitative estimate of drug-likeness (QED) is 0.0840. The van der Waals surface area contributed by atoms with Gasteiger partial charge < -0.3 is 4.84 Å². The van der Waals surface area contributed by atoms with Gasteiger partial charge >= 0.3 is 5.97 Å². The molecule has 0 N–H and O–H groups in total. The number of hydrogen-bond donors (Lipinski definition) is 0. The molecule has 0 fully saturated rings. The molecule has 0 aromatic heterocycles. The molecule has 4 heteroatoms. The van der Waals surface area contributed by atoms with Crippen LogP contribution in [-0.2, 0) is 14.4 Å². The maximum atomic E-state index is 12.0. The normalized spacial score (nSPS) is 15.2. The van der Waals surface area contributed by atoms with Crippen molar-refractivity contribution in [1.82, 2.24) is 0 Å². The van der Waals surface area contributed by atoms with Gasteiger partial charge in [-0.2, -0.15) is 0 Å². The number of ketones is 1. The first-order valence-corrected chi connectivity index (χ1v) is 13.7. The number of rotatable bonds is 19. The highest BCUT2D eigenvalue weighted by atomic mass is 16.7. The molecule has 0 radical (unpaired) electrons. The Morgan fingerprint density at radius 1 is 0.788 bits per heavy atom. The van der Waals surface area contributed by atoms with Crippen LogP contribution in [0.4, 0.5) is 0 Å². The van der Waals surface area contributed by atoms with E-state index in [0.717, 1.165) is 18.4 Å². The zero-order valence-corrected chi connectivity index (χ0v) is 21.9. The first kappa shape index (κ1) is 29.3. The van der Waals surface area contributed by atoms with Crippen molar-refractivity contribution < 1.29 is 14.4 Å². The van der Waals surface area contributed by atoms with E-state index in [1.54, 1.807) is 12.2 Å². The molecule has 0 bridgehead atoms. The Kier molecular flexibility index (Phi) is 16.6. The standard InChI is InChI=1S/C29H49NO3/c1-5-6-7-8-9-10-11-12-13-14-15-16-17-18-19-20-21-29(32)33-30-27-23-26(24(2)3)28(31)22-25(27)4/h22-24H,5-21H2,1-4H3. The molecule has 0 aromatic carbocycles. The van der Waals surface area contributed by atoms with Crippen LogP contribution in [0, 0.1) is 5.92 Å². The summed E-state index contributed by atoms with van der Waals surface area (Å²) in [6.07, 6.45) is 24.7. The van der Waals surface area contributed by atoms with Crippen LogP contribution in [0.5, 0.6) is 0 Å². The van der Waals surface area contributed by atoms with Gasteiger partial charge in [-0.25, -0.2) is 4.79 Å². The van der Waals surface area contributed by atoms with E-state index < -0.39 is 0 Å². The van der Waals surface area contributed by atoms with Crippen molar-refractivity contribution in [3.63, 3.8) is 0 Å². The van der Waals surface area contributed by atoms with E-state index >= 15 is 0 Å². The van der Waals surface area contributed by atoms with E-state index in [1.807, 2.05) is 20.8 Å². The van der Waals surface area contributed by atoms with E-state index in [-0.39, 0.29) is 17.7 Å². The van der Waals surface area contributed by atoms with E-state index in [9.17, 15) is 9.59 Å². The fourth-order valence-corrected chi connectivity index (χ4v) is 4.20. The highest BCUT2D eigenvalue weighted by Gasteiger charge is 2.19. The van der Waals surface area contributed by atoms with Crippen molar-refractivity contribution in [2.45, 2.75) is 137 Å². The number of oxime groups is 1. The molecule has 4 nitrogen and oxygen atoms in total. The van der Waals surface area contributed by atoms with Crippen LogP contribution in [-0.4, -0.2) is 17.5 Å². The molecule has 1 aliphatic rings. The second kappa shape index (κ2) is 18.7. The lowest BCUT2D eigenvalue weighted by atomic mass is 9.90. The summed E-state index contributed by atoms with van der Waals surface area (Å²) < 4.78 is 0. The summed E-state index contributed by atoms with van der Waals surface area (Å²) in [7, 11) is 0. The smallest absolute Gasteiger partial charge is 0.318 e. The number of allylic oxidation sites excluding steroid dienone is 4. The second-order valence-corrected chi connectivity index (χ2v) is 9.94. The number of unbranched alkanes of at least 4 members (excludes halogenated alkanes) is 15. The molecule has 1 aliphatic carbocycles.